The molecular formula is C13H14BrFN2O4. The van der Waals surface area contributed by atoms with Crippen LogP contribution in [0.15, 0.2) is 22.7 Å². The number of carbonyl (C=O) groups is 2. The minimum Gasteiger partial charge on any atom is -0.481 e. The minimum absolute atomic E-state index is 0.00202. The van der Waals surface area contributed by atoms with Gasteiger partial charge in [0.2, 0.25) is 0 Å². The number of hydrogen-bond acceptors (Lipinski definition) is 3. The number of carboxylic acid groups (broad SMARTS) is 1. The molecule has 1 heterocycles. The number of hydrogen-bond donors (Lipinski definition) is 3. The van der Waals surface area contributed by atoms with E-state index in [-0.39, 0.29) is 18.9 Å². The lowest BCUT2D eigenvalue weighted by atomic mass is 9.85. The quantitative estimate of drug-likeness (QED) is 0.770. The van der Waals surface area contributed by atoms with Crippen LogP contribution < -0.4 is 10.6 Å². The van der Waals surface area contributed by atoms with Crippen LogP contribution in [-0.2, 0) is 9.53 Å². The predicted molar refractivity (Wildman–Crippen MR) is 76.6 cm³/mol. The Bertz CT molecular complexity index is 583. The second-order valence-corrected chi connectivity index (χ2v) is 5.93. The Morgan fingerprint density at radius 2 is 2.24 bits per heavy atom. The number of carbonyl (C=O) groups excluding carboxylic acids is 1. The van der Waals surface area contributed by atoms with Crippen molar-refractivity contribution in [2.75, 3.05) is 18.5 Å². The third-order valence-electron chi connectivity index (χ3n) is 3.43. The minimum atomic E-state index is -1.20. The molecule has 1 fully saturated rings. The van der Waals surface area contributed by atoms with Crippen LogP contribution in [0.4, 0.5) is 14.9 Å². The van der Waals surface area contributed by atoms with Crippen molar-refractivity contribution >= 4 is 33.6 Å². The summed E-state index contributed by atoms with van der Waals surface area (Å²) in [6.07, 6.45) is 0. The summed E-state index contributed by atoms with van der Waals surface area (Å²) in [7, 11) is 0. The van der Waals surface area contributed by atoms with Gasteiger partial charge in [0.1, 0.15) is 11.2 Å². The molecule has 1 aliphatic rings. The number of amides is 2. The second kappa shape index (κ2) is 5.98. The van der Waals surface area contributed by atoms with Gasteiger partial charge >= 0.3 is 12.0 Å². The van der Waals surface area contributed by atoms with E-state index in [2.05, 4.69) is 26.6 Å². The Labute approximate surface area is 128 Å². The summed E-state index contributed by atoms with van der Waals surface area (Å²) in [4.78, 5) is 23.1. The molecule has 8 heteroatoms. The lowest BCUT2D eigenvalue weighted by molar-refractivity contribution is -0.148. The fourth-order valence-electron chi connectivity index (χ4n) is 1.99. The number of ether oxygens (including phenoxy) is 1. The molecule has 6 nitrogen and oxygen atoms in total. The maximum Gasteiger partial charge on any atom is 0.319 e. The van der Waals surface area contributed by atoms with E-state index in [1.807, 2.05) is 0 Å². The smallest absolute Gasteiger partial charge is 0.319 e. The first-order valence-corrected chi connectivity index (χ1v) is 6.96. The zero-order valence-corrected chi connectivity index (χ0v) is 12.7. The molecule has 114 valence electrons. The van der Waals surface area contributed by atoms with Gasteiger partial charge in [0.25, 0.3) is 0 Å². The summed E-state index contributed by atoms with van der Waals surface area (Å²) >= 11 is 3.18. The third-order valence-corrected chi connectivity index (χ3v) is 3.92. The van der Waals surface area contributed by atoms with Gasteiger partial charge in [-0.15, -0.1) is 0 Å². The van der Waals surface area contributed by atoms with Crippen molar-refractivity contribution in [1.29, 1.82) is 0 Å². The van der Waals surface area contributed by atoms with Crippen molar-refractivity contribution in [2.24, 2.45) is 5.41 Å². The van der Waals surface area contributed by atoms with Crippen LogP contribution in [-0.4, -0.2) is 36.4 Å². The number of aliphatic carboxylic acids is 1. The average Bonchev–Trinajstić information content (AvgIpc) is 2.77. The highest BCUT2D eigenvalue weighted by molar-refractivity contribution is 9.10. The van der Waals surface area contributed by atoms with Crippen molar-refractivity contribution in [2.45, 2.75) is 13.0 Å². The van der Waals surface area contributed by atoms with Crippen LogP contribution >= 0.6 is 15.9 Å². The lowest BCUT2D eigenvalue weighted by Crippen LogP contribution is -2.50. The zero-order valence-electron chi connectivity index (χ0n) is 11.2. The van der Waals surface area contributed by atoms with Crippen molar-refractivity contribution in [1.82, 2.24) is 5.32 Å². The highest BCUT2D eigenvalue weighted by atomic mass is 79.9. The second-order valence-electron chi connectivity index (χ2n) is 5.01. The molecule has 0 saturated carbocycles. The Kier molecular flexibility index (Phi) is 4.48. The molecule has 2 rings (SSSR count). The molecular weight excluding hydrogens is 347 g/mol. The van der Waals surface area contributed by atoms with Crippen molar-refractivity contribution < 1.29 is 23.8 Å². The van der Waals surface area contributed by atoms with Gasteiger partial charge in [-0.2, -0.15) is 0 Å². The van der Waals surface area contributed by atoms with E-state index in [0.717, 1.165) is 0 Å². The Morgan fingerprint density at radius 1 is 1.52 bits per heavy atom. The van der Waals surface area contributed by atoms with Gasteiger partial charge in [0, 0.05) is 4.47 Å². The SMILES string of the molecule is CC1(C(=O)O)COCC1NC(=O)Nc1cc(Br)ccc1F. The maximum absolute atomic E-state index is 13.5. The van der Waals surface area contributed by atoms with E-state index in [4.69, 9.17) is 4.74 Å². The van der Waals surface area contributed by atoms with Crippen molar-refractivity contribution in [3.63, 3.8) is 0 Å². The topological polar surface area (TPSA) is 87.7 Å². The number of halogens is 2. The molecule has 0 bridgehead atoms. The van der Waals surface area contributed by atoms with Crippen molar-refractivity contribution in [3.05, 3.63) is 28.5 Å². The maximum atomic E-state index is 13.5. The number of nitrogens with one attached hydrogen (secondary N) is 2. The third kappa shape index (κ3) is 3.33. The van der Waals surface area contributed by atoms with E-state index >= 15 is 0 Å². The molecule has 1 saturated heterocycles. The van der Waals surface area contributed by atoms with Crippen LogP contribution in [0.5, 0.6) is 0 Å². The number of urea groups is 1. The van der Waals surface area contributed by atoms with E-state index in [1.54, 1.807) is 0 Å². The molecule has 2 amide bonds. The molecule has 1 aromatic carbocycles. The highest BCUT2D eigenvalue weighted by Crippen LogP contribution is 2.29. The summed E-state index contributed by atoms with van der Waals surface area (Å²) in [5, 5.41) is 14.1. The first-order valence-electron chi connectivity index (χ1n) is 6.16. The number of rotatable bonds is 3. The standard InChI is InChI=1S/C13H14BrFN2O4/c1-13(11(18)19)6-21-5-10(13)17-12(20)16-9-4-7(14)2-3-8(9)15/h2-4,10H,5-6H2,1H3,(H,18,19)(H2,16,17,20). The molecule has 1 aromatic rings. The van der Waals surface area contributed by atoms with Crippen LogP contribution in [0, 0.1) is 11.2 Å². The van der Waals surface area contributed by atoms with Crippen molar-refractivity contribution in [3.8, 4) is 0 Å². The van der Waals surface area contributed by atoms with Gasteiger partial charge in [0.05, 0.1) is 24.9 Å². The molecule has 0 aromatic heterocycles. The molecule has 0 aliphatic carbocycles. The van der Waals surface area contributed by atoms with Crippen LogP contribution in [0.25, 0.3) is 0 Å². The average molecular weight is 361 g/mol. The van der Waals surface area contributed by atoms with E-state index in [9.17, 15) is 19.1 Å². The molecule has 2 atom stereocenters. The van der Waals surface area contributed by atoms with Gasteiger partial charge in [-0.05, 0) is 25.1 Å². The van der Waals surface area contributed by atoms with E-state index < -0.39 is 29.3 Å². The molecule has 2 unspecified atom stereocenters. The molecule has 1 aliphatic heterocycles. The molecule has 0 radical (unpaired) electrons. The molecule has 3 N–H and O–H groups in total. The zero-order chi connectivity index (χ0) is 15.6. The number of carboxylic acids is 1. The molecule has 0 spiro atoms. The van der Waals surface area contributed by atoms with Gasteiger partial charge in [0.15, 0.2) is 0 Å². The Balaban J connectivity index is 2.05. The first kappa shape index (κ1) is 15.7. The normalized spacial score (nSPS) is 24.6. The summed E-state index contributed by atoms with van der Waals surface area (Å²) < 4.78 is 19.3. The van der Waals surface area contributed by atoms with Gasteiger partial charge in [-0.25, -0.2) is 9.18 Å². The fourth-order valence-corrected chi connectivity index (χ4v) is 2.36. The van der Waals surface area contributed by atoms with Crippen LogP contribution in [0.1, 0.15) is 6.92 Å². The predicted octanol–water partition coefficient (Wildman–Crippen LogP) is 2.20. The summed E-state index contributed by atoms with van der Waals surface area (Å²) in [6, 6.07) is 2.75. The largest absolute Gasteiger partial charge is 0.481 e. The lowest BCUT2D eigenvalue weighted by Gasteiger charge is -2.25. The van der Waals surface area contributed by atoms with Crippen LogP contribution in [0.3, 0.4) is 0 Å². The molecule has 21 heavy (non-hydrogen) atoms. The monoisotopic (exact) mass is 360 g/mol. The summed E-state index contributed by atoms with van der Waals surface area (Å²) in [5.74, 6) is -1.64. The summed E-state index contributed by atoms with van der Waals surface area (Å²) in [6.45, 7) is 1.60. The van der Waals surface area contributed by atoms with Gasteiger partial charge < -0.3 is 20.5 Å². The Morgan fingerprint density at radius 3 is 2.90 bits per heavy atom. The summed E-state index contributed by atoms with van der Waals surface area (Å²) in [5.41, 5.74) is -1.20. The number of benzene rings is 1. The van der Waals surface area contributed by atoms with Gasteiger partial charge in [-0.1, -0.05) is 15.9 Å². The first-order chi connectivity index (χ1) is 9.83. The van der Waals surface area contributed by atoms with E-state index in [1.165, 1.54) is 25.1 Å². The fraction of sp³-hybridized carbons (Fsp3) is 0.385. The van der Waals surface area contributed by atoms with E-state index in [0.29, 0.717) is 4.47 Å². The highest BCUT2D eigenvalue weighted by Gasteiger charge is 2.47. The van der Waals surface area contributed by atoms with Crippen LogP contribution in [0.2, 0.25) is 0 Å². The Hall–Kier alpha value is -1.67. The van der Waals surface area contributed by atoms with Gasteiger partial charge in [-0.3, -0.25) is 4.79 Å². The number of anilines is 1.